The van der Waals surface area contributed by atoms with Crippen molar-refractivity contribution in [3.05, 3.63) is 71.0 Å². The third-order valence-electron chi connectivity index (χ3n) is 3.62. The molecule has 0 spiro atoms. The lowest BCUT2D eigenvalue weighted by Gasteiger charge is -2.11. The Balaban J connectivity index is 1.70. The first kappa shape index (κ1) is 17.9. The average molecular weight is 413 g/mol. The van der Waals surface area contributed by atoms with E-state index in [0.717, 1.165) is 15.7 Å². The van der Waals surface area contributed by atoms with Crippen molar-refractivity contribution in [1.29, 1.82) is 0 Å². The molecule has 0 aliphatic rings. The van der Waals surface area contributed by atoms with E-state index in [0.29, 0.717) is 11.4 Å². The summed E-state index contributed by atoms with van der Waals surface area (Å²) in [6, 6.07) is 14.7. The predicted molar refractivity (Wildman–Crippen MR) is 104 cm³/mol. The van der Waals surface area contributed by atoms with Crippen LogP contribution in [0.3, 0.4) is 0 Å². The SMILES string of the molecule is CC(=O)Nc1ccc(CC(=O)Nc2ccccc2-n2cc(Br)cn2)cc1. The molecule has 3 aromatic rings. The lowest BCUT2D eigenvalue weighted by atomic mass is 10.1. The summed E-state index contributed by atoms with van der Waals surface area (Å²) < 4.78 is 2.56. The first-order chi connectivity index (χ1) is 12.5. The van der Waals surface area contributed by atoms with Crippen molar-refractivity contribution in [2.75, 3.05) is 10.6 Å². The van der Waals surface area contributed by atoms with Gasteiger partial charge in [0, 0.05) is 18.8 Å². The molecule has 1 heterocycles. The molecule has 1 aromatic heterocycles. The number of nitrogens with one attached hydrogen (secondary N) is 2. The lowest BCUT2D eigenvalue weighted by Crippen LogP contribution is -2.16. The Bertz CT molecular complexity index is 935. The molecule has 2 N–H and O–H groups in total. The molecule has 0 saturated carbocycles. The highest BCUT2D eigenvalue weighted by Crippen LogP contribution is 2.21. The van der Waals surface area contributed by atoms with Gasteiger partial charge in [-0.1, -0.05) is 24.3 Å². The quantitative estimate of drug-likeness (QED) is 0.669. The zero-order chi connectivity index (χ0) is 18.5. The Morgan fingerprint density at radius 3 is 2.46 bits per heavy atom. The van der Waals surface area contributed by atoms with Gasteiger partial charge in [-0.3, -0.25) is 9.59 Å². The number of carbonyl (C=O) groups is 2. The summed E-state index contributed by atoms with van der Waals surface area (Å²) in [6.07, 6.45) is 3.75. The minimum Gasteiger partial charge on any atom is -0.326 e. The van der Waals surface area contributed by atoms with Crippen molar-refractivity contribution >= 4 is 39.1 Å². The van der Waals surface area contributed by atoms with Crippen LogP contribution in [0.1, 0.15) is 12.5 Å². The van der Waals surface area contributed by atoms with Gasteiger partial charge in [0.05, 0.1) is 28.5 Å². The van der Waals surface area contributed by atoms with Crippen LogP contribution < -0.4 is 10.6 Å². The number of hydrogen-bond donors (Lipinski definition) is 2. The maximum atomic E-state index is 12.4. The minimum atomic E-state index is -0.129. The Hall–Kier alpha value is -2.93. The molecule has 0 bridgehead atoms. The second kappa shape index (κ2) is 7.97. The maximum absolute atomic E-state index is 12.4. The number of anilines is 2. The number of aromatic nitrogens is 2. The van der Waals surface area contributed by atoms with Crippen LogP contribution in [-0.2, 0) is 16.0 Å². The Morgan fingerprint density at radius 1 is 1.08 bits per heavy atom. The van der Waals surface area contributed by atoms with E-state index in [1.54, 1.807) is 23.0 Å². The molecule has 0 atom stereocenters. The second-order valence-electron chi connectivity index (χ2n) is 5.72. The van der Waals surface area contributed by atoms with E-state index >= 15 is 0 Å². The molecule has 0 saturated heterocycles. The van der Waals surface area contributed by atoms with Gasteiger partial charge in [0.2, 0.25) is 11.8 Å². The molecule has 2 amide bonds. The van der Waals surface area contributed by atoms with Gasteiger partial charge in [-0.15, -0.1) is 0 Å². The first-order valence-electron chi connectivity index (χ1n) is 7.97. The molecule has 0 unspecified atom stereocenters. The van der Waals surface area contributed by atoms with Crippen LogP contribution in [0.15, 0.2) is 65.4 Å². The van der Waals surface area contributed by atoms with E-state index in [1.165, 1.54) is 6.92 Å². The summed E-state index contributed by atoms with van der Waals surface area (Å²) in [5, 5.41) is 9.88. The number of nitrogens with zero attached hydrogens (tertiary/aromatic N) is 2. The fourth-order valence-corrected chi connectivity index (χ4v) is 2.79. The Morgan fingerprint density at radius 2 is 1.81 bits per heavy atom. The molecular formula is C19H17BrN4O2. The highest BCUT2D eigenvalue weighted by molar-refractivity contribution is 9.10. The fourth-order valence-electron chi connectivity index (χ4n) is 2.50. The topological polar surface area (TPSA) is 76.0 Å². The highest BCUT2D eigenvalue weighted by atomic mass is 79.9. The van der Waals surface area contributed by atoms with Gasteiger partial charge >= 0.3 is 0 Å². The number of rotatable bonds is 5. The van der Waals surface area contributed by atoms with Crippen molar-refractivity contribution in [2.24, 2.45) is 0 Å². The number of halogens is 1. The number of benzene rings is 2. The Kier molecular flexibility index (Phi) is 5.48. The minimum absolute atomic E-state index is 0.127. The molecule has 2 aromatic carbocycles. The average Bonchev–Trinajstić information content (AvgIpc) is 3.03. The molecule has 26 heavy (non-hydrogen) atoms. The van der Waals surface area contributed by atoms with Crippen molar-refractivity contribution in [3.8, 4) is 5.69 Å². The van der Waals surface area contributed by atoms with Crippen LogP contribution in [0.2, 0.25) is 0 Å². The van der Waals surface area contributed by atoms with Crippen molar-refractivity contribution in [2.45, 2.75) is 13.3 Å². The van der Waals surface area contributed by atoms with Gasteiger partial charge in [-0.05, 0) is 45.8 Å². The third kappa shape index (κ3) is 4.58. The van der Waals surface area contributed by atoms with Crippen molar-refractivity contribution in [1.82, 2.24) is 9.78 Å². The van der Waals surface area contributed by atoms with E-state index < -0.39 is 0 Å². The molecule has 0 radical (unpaired) electrons. The standard InChI is InChI=1S/C19H17BrN4O2/c1-13(25)22-16-8-6-14(7-9-16)10-19(26)23-17-4-2-3-5-18(17)24-12-15(20)11-21-24/h2-9,11-12H,10H2,1H3,(H,22,25)(H,23,26). The third-order valence-corrected chi connectivity index (χ3v) is 4.02. The van der Waals surface area contributed by atoms with E-state index in [1.807, 2.05) is 42.6 Å². The van der Waals surface area contributed by atoms with Crippen LogP contribution >= 0.6 is 15.9 Å². The maximum Gasteiger partial charge on any atom is 0.228 e. The van der Waals surface area contributed by atoms with Gasteiger partial charge in [-0.2, -0.15) is 5.10 Å². The molecule has 3 rings (SSSR count). The first-order valence-corrected chi connectivity index (χ1v) is 8.76. The zero-order valence-electron chi connectivity index (χ0n) is 14.1. The molecule has 0 fully saturated rings. The molecule has 7 heteroatoms. The zero-order valence-corrected chi connectivity index (χ0v) is 15.7. The molecule has 132 valence electrons. The van der Waals surface area contributed by atoms with Crippen LogP contribution in [0.5, 0.6) is 0 Å². The summed E-state index contributed by atoms with van der Waals surface area (Å²) >= 11 is 3.37. The molecule has 6 nitrogen and oxygen atoms in total. The van der Waals surface area contributed by atoms with Crippen LogP contribution in [0, 0.1) is 0 Å². The lowest BCUT2D eigenvalue weighted by molar-refractivity contribution is -0.116. The fraction of sp³-hybridized carbons (Fsp3) is 0.105. The van der Waals surface area contributed by atoms with Crippen LogP contribution in [-0.4, -0.2) is 21.6 Å². The summed E-state index contributed by atoms with van der Waals surface area (Å²) in [5.41, 5.74) is 3.03. The molecule has 0 aliphatic heterocycles. The van der Waals surface area contributed by atoms with Crippen LogP contribution in [0.25, 0.3) is 5.69 Å². The number of hydrogen-bond acceptors (Lipinski definition) is 3. The van der Waals surface area contributed by atoms with E-state index in [9.17, 15) is 9.59 Å². The van der Waals surface area contributed by atoms with Gasteiger partial charge in [-0.25, -0.2) is 4.68 Å². The number of carbonyl (C=O) groups excluding carboxylic acids is 2. The smallest absolute Gasteiger partial charge is 0.228 e. The van der Waals surface area contributed by atoms with Gasteiger partial charge < -0.3 is 10.6 Å². The second-order valence-corrected chi connectivity index (χ2v) is 6.64. The van der Waals surface area contributed by atoms with Crippen LogP contribution in [0.4, 0.5) is 11.4 Å². The molecule has 0 aliphatic carbocycles. The van der Waals surface area contributed by atoms with E-state index in [4.69, 9.17) is 0 Å². The molecular weight excluding hydrogens is 396 g/mol. The number of amides is 2. The predicted octanol–water partition coefficient (Wildman–Crippen LogP) is 3.77. The van der Waals surface area contributed by atoms with E-state index in [2.05, 4.69) is 31.7 Å². The summed E-state index contributed by atoms with van der Waals surface area (Å²) in [4.78, 5) is 23.5. The van der Waals surface area contributed by atoms with Gasteiger partial charge in [0.25, 0.3) is 0 Å². The van der Waals surface area contributed by atoms with E-state index in [-0.39, 0.29) is 18.2 Å². The monoisotopic (exact) mass is 412 g/mol. The summed E-state index contributed by atoms with van der Waals surface area (Å²) in [7, 11) is 0. The van der Waals surface area contributed by atoms with Gasteiger partial charge in [0.15, 0.2) is 0 Å². The Labute approximate surface area is 159 Å². The largest absolute Gasteiger partial charge is 0.326 e. The number of para-hydroxylation sites is 2. The van der Waals surface area contributed by atoms with Gasteiger partial charge in [0.1, 0.15) is 0 Å². The van der Waals surface area contributed by atoms with Crippen molar-refractivity contribution < 1.29 is 9.59 Å². The normalized spacial score (nSPS) is 10.4. The summed E-state index contributed by atoms with van der Waals surface area (Å²) in [5.74, 6) is -0.256. The summed E-state index contributed by atoms with van der Waals surface area (Å²) in [6.45, 7) is 1.46. The highest BCUT2D eigenvalue weighted by Gasteiger charge is 2.10. The van der Waals surface area contributed by atoms with Crippen molar-refractivity contribution in [3.63, 3.8) is 0 Å².